The maximum atomic E-state index is 9.17. The van der Waals surface area contributed by atoms with Crippen LogP contribution in [0.5, 0.6) is 5.75 Å². The third kappa shape index (κ3) is 1.97. The van der Waals surface area contributed by atoms with Crippen molar-refractivity contribution in [2.75, 3.05) is 0 Å². The molecule has 0 saturated carbocycles. The van der Waals surface area contributed by atoms with Gasteiger partial charge in [0.1, 0.15) is 17.7 Å². The molecule has 0 fully saturated rings. The van der Waals surface area contributed by atoms with Gasteiger partial charge in [-0.3, -0.25) is 0 Å². The predicted octanol–water partition coefficient (Wildman–Crippen LogP) is 1.83. The highest BCUT2D eigenvalue weighted by Crippen LogP contribution is 2.42. The molecule has 1 unspecified atom stereocenters. The predicted molar refractivity (Wildman–Crippen MR) is 66.1 cm³/mol. The van der Waals surface area contributed by atoms with Crippen molar-refractivity contribution in [2.45, 2.75) is 12.8 Å². The Hall–Kier alpha value is -2.97. The number of benzene rings is 1. The van der Waals surface area contributed by atoms with Gasteiger partial charge in [-0.15, -0.1) is 0 Å². The number of hydrogen-bond donors (Lipinski definition) is 1. The number of nitrogens with zero attached hydrogens (tertiary/aromatic N) is 3. The van der Waals surface area contributed by atoms with Crippen LogP contribution in [0.4, 0.5) is 0 Å². The third-order valence-corrected chi connectivity index (χ3v) is 3.03. The first-order valence-electron chi connectivity index (χ1n) is 5.59. The van der Waals surface area contributed by atoms with E-state index in [9.17, 15) is 0 Å². The summed E-state index contributed by atoms with van der Waals surface area (Å²) in [6, 6.07) is 11.1. The second-order valence-electron chi connectivity index (χ2n) is 4.25. The summed E-state index contributed by atoms with van der Waals surface area (Å²) in [5, 5.41) is 27.3. The van der Waals surface area contributed by atoms with Crippen molar-refractivity contribution < 1.29 is 4.74 Å². The molecule has 0 amide bonds. The Kier molecular flexibility index (Phi) is 3.10. The Morgan fingerprint density at radius 1 is 1.26 bits per heavy atom. The van der Waals surface area contributed by atoms with E-state index in [1.54, 1.807) is 12.1 Å². The molecule has 1 aliphatic rings. The first kappa shape index (κ1) is 12.5. The number of ether oxygens (including phenoxy) is 1. The van der Waals surface area contributed by atoms with Gasteiger partial charge in [-0.25, -0.2) is 0 Å². The van der Waals surface area contributed by atoms with Crippen LogP contribution in [-0.2, 0) is 0 Å². The first-order valence-corrected chi connectivity index (χ1v) is 5.59. The Labute approximate surface area is 110 Å². The highest BCUT2D eigenvalue weighted by molar-refractivity contribution is 5.52. The molecule has 1 heterocycles. The van der Waals surface area contributed by atoms with Gasteiger partial charge in [-0.05, 0) is 18.6 Å². The number of aryl methyl sites for hydroxylation is 1. The highest BCUT2D eigenvalue weighted by atomic mass is 16.5. The first-order chi connectivity index (χ1) is 9.12. The summed E-state index contributed by atoms with van der Waals surface area (Å²) in [6.07, 6.45) is 0. The van der Waals surface area contributed by atoms with Gasteiger partial charge < -0.3 is 10.5 Å². The fraction of sp³-hybridized carbons (Fsp3) is 0.214. The van der Waals surface area contributed by atoms with Crippen molar-refractivity contribution in [2.24, 2.45) is 11.7 Å². The number of hydrogen-bond acceptors (Lipinski definition) is 5. The summed E-state index contributed by atoms with van der Waals surface area (Å²) in [6.45, 7) is 1.89. The van der Waals surface area contributed by atoms with Crippen LogP contribution in [0.15, 0.2) is 29.7 Å². The molecule has 0 bridgehead atoms. The van der Waals surface area contributed by atoms with Crippen LogP contribution < -0.4 is 10.5 Å². The molecule has 0 spiro atoms. The number of nitriles is 3. The minimum absolute atomic E-state index is 0.0406. The Morgan fingerprint density at radius 3 is 2.53 bits per heavy atom. The quantitative estimate of drug-likeness (QED) is 0.818. The Bertz CT molecular complexity index is 671. The molecular formula is C14H10N4O. The maximum absolute atomic E-state index is 9.17. The van der Waals surface area contributed by atoms with Crippen LogP contribution in [0.1, 0.15) is 17.0 Å². The summed E-state index contributed by atoms with van der Waals surface area (Å²) < 4.78 is 5.40. The molecule has 1 atom stereocenters. The van der Waals surface area contributed by atoms with Crippen LogP contribution in [0.2, 0.25) is 0 Å². The van der Waals surface area contributed by atoms with Gasteiger partial charge in [-0.2, -0.15) is 15.8 Å². The van der Waals surface area contributed by atoms with Crippen molar-refractivity contribution in [1.29, 1.82) is 15.8 Å². The van der Waals surface area contributed by atoms with Gasteiger partial charge in [0, 0.05) is 5.56 Å². The van der Waals surface area contributed by atoms with Gasteiger partial charge in [0.05, 0.1) is 23.6 Å². The minimum atomic E-state index is -0.974. The lowest BCUT2D eigenvalue weighted by Crippen LogP contribution is -2.24. The third-order valence-electron chi connectivity index (χ3n) is 3.03. The molecule has 2 rings (SSSR count). The summed E-state index contributed by atoms with van der Waals surface area (Å²) in [5.41, 5.74) is 7.45. The van der Waals surface area contributed by atoms with Gasteiger partial charge in [0.15, 0.2) is 0 Å². The van der Waals surface area contributed by atoms with E-state index in [4.69, 9.17) is 26.3 Å². The average Bonchev–Trinajstić information content (AvgIpc) is 2.39. The van der Waals surface area contributed by atoms with E-state index >= 15 is 0 Å². The topological polar surface area (TPSA) is 107 Å². The van der Waals surface area contributed by atoms with Gasteiger partial charge in [0.25, 0.3) is 0 Å². The Balaban J connectivity index is 2.66. The standard InChI is InChI=1S/C14H10N4O/c1-8-2-3-10-12(4-8)19-14(18)11(7-17)13(10)9(5-15)6-16/h2-4,9,13H,18H2,1H3. The lowest BCUT2D eigenvalue weighted by atomic mass is 9.80. The van der Waals surface area contributed by atoms with Crippen molar-refractivity contribution in [3.63, 3.8) is 0 Å². The largest absolute Gasteiger partial charge is 0.440 e. The Morgan fingerprint density at radius 2 is 1.95 bits per heavy atom. The van der Waals surface area contributed by atoms with E-state index in [0.717, 1.165) is 5.56 Å². The van der Waals surface area contributed by atoms with Crippen LogP contribution in [0, 0.1) is 46.8 Å². The highest BCUT2D eigenvalue weighted by Gasteiger charge is 2.35. The summed E-state index contributed by atoms with van der Waals surface area (Å²) >= 11 is 0. The van der Waals surface area contributed by atoms with Crippen molar-refractivity contribution in [3.05, 3.63) is 40.8 Å². The van der Waals surface area contributed by atoms with E-state index in [1.165, 1.54) is 0 Å². The van der Waals surface area contributed by atoms with Crippen molar-refractivity contribution in [3.8, 4) is 24.0 Å². The van der Waals surface area contributed by atoms with E-state index in [-0.39, 0.29) is 11.5 Å². The van der Waals surface area contributed by atoms with Crippen LogP contribution >= 0.6 is 0 Å². The SMILES string of the molecule is Cc1ccc2c(c1)OC(N)=C(C#N)C2C(C#N)C#N. The zero-order chi connectivity index (χ0) is 14.0. The summed E-state index contributed by atoms with van der Waals surface area (Å²) in [7, 11) is 0. The zero-order valence-electron chi connectivity index (χ0n) is 10.2. The average molecular weight is 250 g/mol. The summed E-state index contributed by atoms with van der Waals surface area (Å²) in [4.78, 5) is 0. The lowest BCUT2D eigenvalue weighted by Gasteiger charge is -2.26. The number of fused-ring (bicyclic) bond motifs is 1. The fourth-order valence-electron chi connectivity index (χ4n) is 2.12. The van der Waals surface area contributed by atoms with Crippen molar-refractivity contribution in [1.82, 2.24) is 0 Å². The monoisotopic (exact) mass is 250 g/mol. The zero-order valence-corrected chi connectivity index (χ0v) is 10.2. The molecule has 1 aromatic rings. The van der Waals surface area contributed by atoms with Gasteiger partial charge >= 0.3 is 0 Å². The molecule has 5 heteroatoms. The normalized spacial score (nSPS) is 16.9. The summed E-state index contributed by atoms with van der Waals surface area (Å²) in [5.74, 6) is -1.18. The molecule has 92 valence electrons. The number of rotatable bonds is 1. The molecular weight excluding hydrogens is 240 g/mol. The molecule has 0 radical (unpaired) electrons. The molecule has 1 aromatic carbocycles. The second kappa shape index (κ2) is 4.72. The fourth-order valence-corrected chi connectivity index (χ4v) is 2.12. The lowest BCUT2D eigenvalue weighted by molar-refractivity contribution is 0.383. The molecule has 19 heavy (non-hydrogen) atoms. The molecule has 2 N–H and O–H groups in total. The number of allylic oxidation sites excluding steroid dienone is 1. The second-order valence-corrected chi connectivity index (χ2v) is 4.25. The maximum Gasteiger partial charge on any atom is 0.205 e. The van der Waals surface area contributed by atoms with E-state index in [0.29, 0.717) is 11.3 Å². The molecule has 0 aromatic heterocycles. The van der Waals surface area contributed by atoms with E-state index < -0.39 is 11.8 Å². The van der Waals surface area contributed by atoms with Gasteiger partial charge in [-0.1, -0.05) is 12.1 Å². The molecule has 0 saturated heterocycles. The molecule has 1 aliphatic heterocycles. The van der Waals surface area contributed by atoms with Crippen LogP contribution in [0.3, 0.4) is 0 Å². The molecule has 5 nitrogen and oxygen atoms in total. The van der Waals surface area contributed by atoms with Crippen LogP contribution in [0.25, 0.3) is 0 Å². The molecule has 0 aliphatic carbocycles. The van der Waals surface area contributed by atoms with E-state index in [1.807, 2.05) is 31.2 Å². The number of nitrogens with two attached hydrogens (primary N) is 1. The minimum Gasteiger partial charge on any atom is -0.440 e. The van der Waals surface area contributed by atoms with Crippen LogP contribution in [-0.4, -0.2) is 0 Å². The van der Waals surface area contributed by atoms with E-state index in [2.05, 4.69) is 0 Å². The van der Waals surface area contributed by atoms with Crippen molar-refractivity contribution >= 4 is 0 Å². The van der Waals surface area contributed by atoms with Gasteiger partial charge in [0.2, 0.25) is 5.88 Å². The smallest absolute Gasteiger partial charge is 0.205 e.